The largest absolute Gasteiger partial charge is 0.449 e. The van der Waals surface area contributed by atoms with Crippen LogP contribution in [-0.2, 0) is 24.3 Å². The lowest BCUT2D eigenvalue weighted by Crippen LogP contribution is -2.37. The molecule has 1 atom stereocenters. The molecule has 0 saturated carbocycles. The van der Waals surface area contributed by atoms with Crippen LogP contribution in [0.1, 0.15) is 17.3 Å². The van der Waals surface area contributed by atoms with Crippen LogP contribution in [0.3, 0.4) is 0 Å². The topological polar surface area (TPSA) is 111 Å². The van der Waals surface area contributed by atoms with Crippen LogP contribution < -0.4 is 10.0 Å². The van der Waals surface area contributed by atoms with Gasteiger partial charge in [-0.3, -0.25) is 4.79 Å². The van der Waals surface area contributed by atoms with Gasteiger partial charge in [-0.25, -0.2) is 17.9 Å². The van der Waals surface area contributed by atoms with Gasteiger partial charge in [-0.2, -0.15) is 0 Å². The molecule has 0 saturated heterocycles. The smallest absolute Gasteiger partial charge is 0.338 e. The first-order valence-corrected chi connectivity index (χ1v) is 9.46. The van der Waals surface area contributed by atoms with Crippen LogP contribution in [-0.4, -0.2) is 53.2 Å². The zero-order valence-corrected chi connectivity index (χ0v) is 16.0. The molecule has 1 aromatic rings. The summed E-state index contributed by atoms with van der Waals surface area (Å²) in [5.74, 6) is -1.35. The van der Waals surface area contributed by atoms with Crippen LogP contribution in [0.2, 0.25) is 5.02 Å². The Kier molecular flexibility index (Phi) is 8.73. The van der Waals surface area contributed by atoms with E-state index >= 15 is 0 Å². The van der Waals surface area contributed by atoms with Crippen molar-refractivity contribution < 1.29 is 27.5 Å². The van der Waals surface area contributed by atoms with E-state index in [0.29, 0.717) is 6.61 Å². The Bertz CT molecular complexity index is 766. The molecule has 8 nitrogen and oxygen atoms in total. The fourth-order valence-corrected chi connectivity index (χ4v) is 3.31. The molecular formula is C16H21ClN2O6S. The summed E-state index contributed by atoms with van der Waals surface area (Å²) in [6, 6.07) is 3.67. The molecule has 0 spiro atoms. The van der Waals surface area contributed by atoms with Crippen molar-refractivity contribution in [3.8, 4) is 0 Å². The number of carbonyl (C=O) groups is 2. The summed E-state index contributed by atoms with van der Waals surface area (Å²) in [5.41, 5.74) is -0.0510. The van der Waals surface area contributed by atoms with E-state index in [1.54, 1.807) is 0 Å². The van der Waals surface area contributed by atoms with Gasteiger partial charge in [0.2, 0.25) is 10.0 Å². The number of halogens is 1. The minimum absolute atomic E-state index is 0.00597. The van der Waals surface area contributed by atoms with Crippen molar-refractivity contribution in [2.45, 2.75) is 17.9 Å². The lowest BCUT2D eigenvalue weighted by atomic mass is 10.2. The second-order valence-electron chi connectivity index (χ2n) is 5.12. The number of carbonyl (C=O) groups excluding carboxylic acids is 2. The monoisotopic (exact) mass is 404 g/mol. The fraction of sp³-hybridized carbons (Fsp3) is 0.375. The molecule has 0 aromatic heterocycles. The van der Waals surface area contributed by atoms with Crippen LogP contribution >= 0.6 is 11.6 Å². The van der Waals surface area contributed by atoms with Crippen LogP contribution in [0.5, 0.6) is 0 Å². The minimum Gasteiger partial charge on any atom is -0.449 e. The number of esters is 1. The van der Waals surface area contributed by atoms with E-state index in [2.05, 4.69) is 16.6 Å². The quantitative estimate of drug-likeness (QED) is 0.343. The number of rotatable bonds is 10. The molecule has 0 aliphatic carbocycles. The maximum Gasteiger partial charge on any atom is 0.338 e. The van der Waals surface area contributed by atoms with Crippen LogP contribution in [0.25, 0.3) is 0 Å². The summed E-state index contributed by atoms with van der Waals surface area (Å²) in [6.07, 6.45) is 0.307. The van der Waals surface area contributed by atoms with Gasteiger partial charge in [-0.05, 0) is 25.1 Å². The predicted octanol–water partition coefficient (Wildman–Crippen LogP) is 1.11. The van der Waals surface area contributed by atoms with Crippen molar-refractivity contribution in [3.63, 3.8) is 0 Å². The molecule has 0 radical (unpaired) electrons. The normalized spacial score (nSPS) is 12.3. The zero-order chi connectivity index (χ0) is 19.7. The molecule has 144 valence electrons. The first-order chi connectivity index (χ1) is 12.2. The molecule has 0 unspecified atom stereocenters. The number of amides is 1. The second kappa shape index (κ2) is 10.3. The highest BCUT2D eigenvalue weighted by Gasteiger charge is 2.22. The van der Waals surface area contributed by atoms with Gasteiger partial charge in [0.05, 0.1) is 17.2 Å². The van der Waals surface area contributed by atoms with Crippen molar-refractivity contribution in [1.29, 1.82) is 0 Å². The number of nitrogens with one attached hydrogen (secondary N) is 2. The van der Waals surface area contributed by atoms with E-state index in [9.17, 15) is 18.0 Å². The van der Waals surface area contributed by atoms with Gasteiger partial charge in [0.25, 0.3) is 5.91 Å². The predicted molar refractivity (Wildman–Crippen MR) is 96.6 cm³/mol. The SMILES string of the molecule is C=CCNS(=O)(=O)c1cc(C(=O)O[C@@H](C)C(=O)NCCOC)ccc1Cl. The highest BCUT2D eigenvalue weighted by Crippen LogP contribution is 2.23. The average Bonchev–Trinajstić information content (AvgIpc) is 2.60. The van der Waals surface area contributed by atoms with Crippen molar-refractivity contribution in [3.05, 3.63) is 41.4 Å². The number of hydrogen-bond donors (Lipinski definition) is 2. The molecular weight excluding hydrogens is 384 g/mol. The van der Waals surface area contributed by atoms with Crippen LogP contribution in [0.15, 0.2) is 35.7 Å². The molecule has 26 heavy (non-hydrogen) atoms. The van der Waals surface area contributed by atoms with Gasteiger partial charge >= 0.3 is 5.97 Å². The molecule has 0 aliphatic heterocycles. The Morgan fingerprint density at radius 2 is 2.08 bits per heavy atom. The fourth-order valence-electron chi connectivity index (χ4n) is 1.78. The standard InChI is InChI=1S/C16H21ClN2O6S/c1-4-7-19-26(22,23)14-10-12(5-6-13(14)17)16(21)25-11(2)15(20)18-8-9-24-3/h4-6,10-11,19H,1,7-9H2,2-3H3,(H,18,20)/t11-/m0/s1. The van der Waals surface area contributed by atoms with Crippen molar-refractivity contribution in [1.82, 2.24) is 10.0 Å². The highest BCUT2D eigenvalue weighted by atomic mass is 35.5. The number of hydrogen-bond acceptors (Lipinski definition) is 6. The molecule has 10 heteroatoms. The minimum atomic E-state index is -3.92. The molecule has 1 rings (SSSR count). The van der Waals surface area contributed by atoms with Gasteiger partial charge in [0.15, 0.2) is 6.10 Å². The third-order valence-corrected chi connectivity index (χ3v) is 5.04. The third-order valence-electron chi connectivity index (χ3n) is 3.13. The number of methoxy groups -OCH3 is 1. The second-order valence-corrected chi connectivity index (χ2v) is 7.26. The van der Waals surface area contributed by atoms with E-state index in [1.807, 2.05) is 0 Å². The third kappa shape index (κ3) is 6.41. The van der Waals surface area contributed by atoms with Crippen LogP contribution in [0.4, 0.5) is 0 Å². The van der Waals surface area contributed by atoms with Crippen molar-refractivity contribution in [2.75, 3.05) is 26.8 Å². The lowest BCUT2D eigenvalue weighted by molar-refractivity contribution is -0.129. The van der Waals surface area contributed by atoms with E-state index in [-0.39, 0.29) is 28.6 Å². The lowest BCUT2D eigenvalue weighted by Gasteiger charge is -2.14. The zero-order valence-electron chi connectivity index (χ0n) is 14.5. The van der Waals surface area contributed by atoms with Gasteiger partial charge in [0, 0.05) is 20.2 Å². The maximum atomic E-state index is 12.2. The molecule has 0 fully saturated rings. The highest BCUT2D eigenvalue weighted by molar-refractivity contribution is 7.89. The molecule has 0 heterocycles. The Labute approximate surface area is 157 Å². The Balaban J connectivity index is 2.89. The average molecular weight is 405 g/mol. The Hall–Kier alpha value is -1.94. The Morgan fingerprint density at radius 1 is 1.38 bits per heavy atom. The summed E-state index contributed by atoms with van der Waals surface area (Å²) in [4.78, 5) is 23.7. The molecule has 1 amide bonds. The summed E-state index contributed by atoms with van der Waals surface area (Å²) in [5, 5.41) is 2.48. The first-order valence-electron chi connectivity index (χ1n) is 7.60. The summed E-state index contributed by atoms with van der Waals surface area (Å²) in [6.45, 7) is 5.42. The molecule has 2 N–H and O–H groups in total. The number of benzene rings is 1. The van der Waals surface area contributed by atoms with Gasteiger partial charge in [0.1, 0.15) is 4.90 Å². The summed E-state index contributed by atoms with van der Waals surface area (Å²) >= 11 is 5.92. The van der Waals surface area contributed by atoms with Crippen molar-refractivity contribution in [2.24, 2.45) is 0 Å². The maximum absolute atomic E-state index is 12.2. The van der Waals surface area contributed by atoms with E-state index in [1.165, 1.54) is 32.2 Å². The molecule has 1 aromatic carbocycles. The van der Waals surface area contributed by atoms with E-state index in [4.69, 9.17) is 21.1 Å². The van der Waals surface area contributed by atoms with Crippen molar-refractivity contribution >= 4 is 33.5 Å². The van der Waals surface area contributed by atoms with Crippen LogP contribution in [0, 0.1) is 0 Å². The first kappa shape index (κ1) is 22.1. The van der Waals surface area contributed by atoms with E-state index in [0.717, 1.165) is 6.07 Å². The van der Waals surface area contributed by atoms with Gasteiger partial charge in [-0.1, -0.05) is 17.7 Å². The van der Waals surface area contributed by atoms with E-state index < -0.39 is 28.0 Å². The Morgan fingerprint density at radius 3 is 2.69 bits per heavy atom. The molecule has 0 bridgehead atoms. The number of sulfonamides is 1. The summed E-state index contributed by atoms with van der Waals surface area (Å²) < 4.78 is 36.5. The van der Waals surface area contributed by atoms with Gasteiger partial charge < -0.3 is 14.8 Å². The van der Waals surface area contributed by atoms with Gasteiger partial charge in [-0.15, -0.1) is 6.58 Å². The number of ether oxygens (including phenoxy) is 2. The molecule has 0 aliphatic rings. The summed E-state index contributed by atoms with van der Waals surface area (Å²) in [7, 11) is -2.43.